The van der Waals surface area contributed by atoms with Crippen LogP contribution in [0, 0.1) is 5.92 Å². The molecule has 0 fully saturated rings. The van der Waals surface area contributed by atoms with Crippen LogP contribution in [-0.4, -0.2) is 57.7 Å². The summed E-state index contributed by atoms with van der Waals surface area (Å²) in [6.45, 7) is 3.94. The highest BCUT2D eigenvalue weighted by molar-refractivity contribution is 6.30. The summed E-state index contributed by atoms with van der Waals surface area (Å²) in [5.74, 6) is -0.376. The van der Waals surface area contributed by atoms with Crippen LogP contribution in [0.5, 0.6) is 5.75 Å². The van der Waals surface area contributed by atoms with Gasteiger partial charge in [0.2, 0.25) is 5.91 Å². The lowest BCUT2D eigenvalue weighted by Gasteiger charge is -2.26. The third kappa shape index (κ3) is 10.3. The molecule has 0 atom stereocenters. The van der Waals surface area contributed by atoms with Gasteiger partial charge in [0, 0.05) is 30.0 Å². The molecule has 3 rings (SSSR count). The van der Waals surface area contributed by atoms with E-state index in [0.717, 1.165) is 0 Å². The van der Waals surface area contributed by atoms with Crippen LogP contribution in [0.3, 0.4) is 0 Å². The molecular formula is C32H37ClN4O6. The molecule has 2 N–H and O–H groups in total. The Morgan fingerprint density at radius 2 is 1.67 bits per heavy atom. The predicted octanol–water partition coefficient (Wildman–Crippen LogP) is 5.30. The quantitative estimate of drug-likeness (QED) is 0.254. The predicted molar refractivity (Wildman–Crippen MR) is 168 cm³/mol. The van der Waals surface area contributed by atoms with Crippen molar-refractivity contribution in [2.24, 2.45) is 5.92 Å². The molecule has 0 bridgehead atoms. The normalized spacial score (nSPS) is 10.6. The van der Waals surface area contributed by atoms with Crippen molar-refractivity contribution >= 4 is 52.5 Å². The van der Waals surface area contributed by atoms with Gasteiger partial charge in [-0.1, -0.05) is 55.8 Å². The van der Waals surface area contributed by atoms with Crippen molar-refractivity contribution in [3.05, 3.63) is 83.4 Å². The summed E-state index contributed by atoms with van der Waals surface area (Å²) in [5, 5.41) is 5.79. The molecule has 0 radical (unpaired) electrons. The second-order valence-electron chi connectivity index (χ2n) is 10.2. The van der Waals surface area contributed by atoms with Crippen molar-refractivity contribution in [3.8, 4) is 5.75 Å². The summed E-state index contributed by atoms with van der Waals surface area (Å²) in [4.78, 5) is 53.5. The summed E-state index contributed by atoms with van der Waals surface area (Å²) in [5.41, 5.74) is 2.26. The summed E-state index contributed by atoms with van der Waals surface area (Å²) < 4.78 is 10.6. The number of methoxy groups -OCH3 is 1. The molecule has 0 aliphatic heterocycles. The van der Waals surface area contributed by atoms with E-state index in [4.69, 9.17) is 16.3 Å². The SMILES string of the molecule is COC(=O)Cc1cccc(NC(=O)NCC(=O)N(CCC(C)C)c2ccccc2OCC(=O)N(C)c2cccc(Cl)c2)c1. The second-order valence-corrected chi connectivity index (χ2v) is 10.6. The Labute approximate surface area is 256 Å². The maximum Gasteiger partial charge on any atom is 0.319 e. The number of ether oxygens (including phenoxy) is 2. The molecule has 0 unspecified atom stereocenters. The zero-order chi connectivity index (χ0) is 31.4. The van der Waals surface area contributed by atoms with Crippen LogP contribution in [0.4, 0.5) is 21.9 Å². The van der Waals surface area contributed by atoms with Crippen LogP contribution in [0.25, 0.3) is 0 Å². The van der Waals surface area contributed by atoms with Crippen LogP contribution in [0.1, 0.15) is 25.8 Å². The van der Waals surface area contributed by atoms with E-state index < -0.39 is 12.0 Å². The lowest BCUT2D eigenvalue weighted by molar-refractivity contribution is -0.139. The molecule has 0 spiro atoms. The first kappa shape index (κ1) is 32.9. The van der Waals surface area contributed by atoms with Crippen molar-refractivity contribution in [2.45, 2.75) is 26.7 Å². The van der Waals surface area contributed by atoms with Crippen molar-refractivity contribution in [2.75, 3.05) is 49.0 Å². The zero-order valence-corrected chi connectivity index (χ0v) is 25.5. The van der Waals surface area contributed by atoms with Gasteiger partial charge >= 0.3 is 12.0 Å². The van der Waals surface area contributed by atoms with Gasteiger partial charge in [-0.2, -0.15) is 0 Å². The van der Waals surface area contributed by atoms with Gasteiger partial charge in [-0.15, -0.1) is 0 Å². The van der Waals surface area contributed by atoms with E-state index in [1.54, 1.807) is 84.7 Å². The fraction of sp³-hybridized carbons (Fsp3) is 0.312. The first-order valence-corrected chi connectivity index (χ1v) is 14.2. The first-order chi connectivity index (χ1) is 20.6. The Bertz CT molecular complexity index is 1430. The van der Waals surface area contributed by atoms with Crippen molar-refractivity contribution in [1.29, 1.82) is 0 Å². The van der Waals surface area contributed by atoms with Gasteiger partial charge in [0.25, 0.3) is 5.91 Å². The Balaban J connectivity index is 1.67. The number of nitrogens with one attached hydrogen (secondary N) is 2. The number of para-hydroxylation sites is 2. The van der Waals surface area contributed by atoms with E-state index >= 15 is 0 Å². The summed E-state index contributed by atoms with van der Waals surface area (Å²) in [6, 6.07) is 20.1. The Hall–Kier alpha value is -4.57. The molecule has 43 heavy (non-hydrogen) atoms. The van der Waals surface area contributed by atoms with Crippen LogP contribution in [0.15, 0.2) is 72.8 Å². The van der Waals surface area contributed by atoms with Gasteiger partial charge < -0.3 is 29.9 Å². The number of nitrogens with zero attached hydrogens (tertiary/aromatic N) is 2. The minimum absolute atomic E-state index is 0.0703. The fourth-order valence-electron chi connectivity index (χ4n) is 4.06. The molecule has 4 amide bonds. The Morgan fingerprint density at radius 3 is 2.40 bits per heavy atom. The number of hydrogen-bond donors (Lipinski definition) is 2. The van der Waals surface area contributed by atoms with Gasteiger partial charge in [-0.05, 0) is 60.4 Å². The van der Waals surface area contributed by atoms with Gasteiger partial charge in [0.15, 0.2) is 6.61 Å². The van der Waals surface area contributed by atoms with Crippen molar-refractivity contribution < 1.29 is 28.7 Å². The smallest absolute Gasteiger partial charge is 0.319 e. The maximum atomic E-state index is 13.4. The van der Waals surface area contributed by atoms with E-state index in [1.807, 2.05) is 0 Å². The highest BCUT2D eigenvalue weighted by Gasteiger charge is 2.22. The van der Waals surface area contributed by atoms with Gasteiger partial charge in [0.1, 0.15) is 5.75 Å². The number of carbonyl (C=O) groups excluding carboxylic acids is 4. The number of hydrogen-bond acceptors (Lipinski definition) is 6. The minimum atomic E-state index is -0.577. The number of urea groups is 1. The highest BCUT2D eigenvalue weighted by Crippen LogP contribution is 2.29. The lowest BCUT2D eigenvalue weighted by atomic mass is 10.1. The molecule has 0 saturated carbocycles. The van der Waals surface area contributed by atoms with Crippen LogP contribution in [-0.2, 0) is 25.5 Å². The van der Waals surface area contributed by atoms with Crippen molar-refractivity contribution in [1.82, 2.24) is 5.32 Å². The molecule has 3 aromatic carbocycles. The summed E-state index contributed by atoms with van der Waals surface area (Å²) in [6.07, 6.45) is 0.774. The fourth-order valence-corrected chi connectivity index (χ4v) is 4.24. The van der Waals surface area contributed by atoms with E-state index in [2.05, 4.69) is 29.2 Å². The minimum Gasteiger partial charge on any atom is -0.482 e. The molecular weight excluding hydrogens is 572 g/mol. The third-order valence-electron chi connectivity index (χ3n) is 6.47. The molecule has 0 heterocycles. The molecule has 11 heteroatoms. The van der Waals surface area contributed by atoms with Gasteiger partial charge in [0.05, 0.1) is 25.8 Å². The van der Waals surface area contributed by atoms with Crippen LogP contribution in [0.2, 0.25) is 5.02 Å². The molecule has 0 aliphatic rings. The summed E-state index contributed by atoms with van der Waals surface area (Å²) >= 11 is 6.06. The average Bonchev–Trinajstić information content (AvgIpc) is 2.99. The van der Waals surface area contributed by atoms with Crippen molar-refractivity contribution in [3.63, 3.8) is 0 Å². The monoisotopic (exact) mass is 608 g/mol. The third-order valence-corrected chi connectivity index (χ3v) is 6.70. The maximum absolute atomic E-state index is 13.4. The number of esters is 1. The van der Waals surface area contributed by atoms with E-state index in [1.165, 1.54) is 12.0 Å². The van der Waals surface area contributed by atoms with E-state index in [0.29, 0.717) is 52.3 Å². The molecule has 10 nitrogen and oxygen atoms in total. The number of rotatable bonds is 13. The van der Waals surface area contributed by atoms with Gasteiger partial charge in [-0.3, -0.25) is 14.4 Å². The molecule has 3 aromatic rings. The number of benzene rings is 3. The lowest BCUT2D eigenvalue weighted by Crippen LogP contribution is -2.42. The summed E-state index contributed by atoms with van der Waals surface area (Å²) in [7, 11) is 2.94. The number of carbonyl (C=O) groups is 4. The zero-order valence-electron chi connectivity index (χ0n) is 24.8. The van der Waals surface area contributed by atoms with E-state index in [-0.39, 0.29) is 31.4 Å². The number of anilines is 3. The first-order valence-electron chi connectivity index (χ1n) is 13.8. The van der Waals surface area contributed by atoms with Crippen LogP contribution < -0.4 is 25.2 Å². The molecule has 0 saturated heterocycles. The highest BCUT2D eigenvalue weighted by atomic mass is 35.5. The van der Waals surface area contributed by atoms with Gasteiger partial charge in [-0.25, -0.2) is 4.79 Å². The topological polar surface area (TPSA) is 117 Å². The molecule has 0 aliphatic carbocycles. The Morgan fingerprint density at radius 1 is 0.930 bits per heavy atom. The number of likely N-dealkylation sites (N-methyl/N-ethyl adjacent to an activating group) is 1. The Kier molecular flexibility index (Phi) is 12.4. The number of amides is 4. The second kappa shape index (κ2) is 16.2. The molecule has 228 valence electrons. The molecule has 0 aromatic heterocycles. The standard InChI is InChI=1S/C32H37ClN4O6/c1-22(2)15-16-37(29(38)20-34-32(41)35-25-11-7-9-23(17-25)18-31(40)42-4)27-13-5-6-14-28(27)43-21-30(39)36(3)26-12-8-10-24(33)19-26/h5-14,17,19,22H,15-16,18,20-21H2,1-4H3,(H2,34,35,41). The largest absolute Gasteiger partial charge is 0.482 e. The van der Waals surface area contributed by atoms with E-state index in [9.17, 15) is 19.2 Å². The van der Waals surface area contributed by atoms with Crippen LogP contribution >= 0.6 is 11.6 Å². The number of halogens is 1. The average molecular weight is 609 g/mol.